The van der Waals surface area contributed by atoms with E-state index in [0.29, 0.717) is 0 Å². The van der Waals surface area contributed by atoms with Crippen LogP contribution in [0.25, 0.3) is 0 Å². The largest absolute Gasteiger partial charge is 0.143 e. The van der Waals surface area contributed by atoms with Gasteiger partial charge in [0.25, 0.3) is 0 Å². The van der Waals surface area contributed by atoms with Crippen LogP contribution in [0.3, 0.4) is 0 Å². The van der Waals surface area contributed by atoms with Gasteiger partial charge in [0.1, 0.15) is 0 Å². The third-order valence-corrected chi connectivity index (χ3v) is 1.45. The minimum Gasteiger partial charge on any atom is -0.143 e. The van der Waals surface area contributed by atoms with Crippen LogP contribution in [0.4, 0.5) is 0 Å². The van der Waals surface area contributed by atoms with Crippen LogP contribution < -0.4 is 0 Å². The molecule has 0 saturated carbocycles. The Kier molecular flexibility index (Phi) is 4.50. The Morgan fingerprint density at radius 2 is 1.00 bits per heavy atom. The topological polar surface area (TPSA) is 0 Å². The SMILES string of the molecule is Sc1ccc(S)cc1.[Cu]. The fraction of sp³-hybridized carbons (Fsp3) is 0. The van der Waals surface area contributed by atoms with Crippen LogP contribution in [0, 0.1) is 0 Å². The molecule has 53 valence electrons. The van der Waals surface area contributed by atoms with E-state index < -0.39 is 0 Å². The maximum atomic E-state index is 4.10. The van der Waals surface area contributed by atoms with Crippen LogP contribution >= 0.6 is 25.3 Å². The Labute approximate surface area is 76.3 Å². The molecule has 0 fully saturated rings. The molecule has 9 heavy (non-hydrogen) atoms. The van der Waals surface area contributed by atoms with Crippen molar-refractivity contribution in [2.45, 2.75) is 9.79 Å². The summed E-state index contributed by atoms with van der Waals surface area (Å²) in [5.74, 6) is 0. The van der Waals surface area contributed by atoms with Crippen molar-refractivity contribution in [3.8, 4) is 0 Å². The van der Waals surface area contributed by atoms with Crippen LogP contribution in [-0.2, 0) is 17.1 Å². The molecular formula is C6H6CuS2. The summed E-state index contributed by atoms with van der Waals surface area (Å²) in [6.45, 7) is 0. The molecule has 0 saturated heterocycles. The van der Waals surface area contributed by atoms with Gasteiger partial charge < -0.3 is 0 Å². The van der Waals surface area contributed by atoms with Crippen LogP contribution in [0.5, 0.6) is 0 Å². The third kappa shape index (κ3) is 3.21. The van der Waals surface area contributed by atoms with Gasteiger partial charge in [0.2, 0.25) is 0 Å². The molecule has 0 aliphatic heterocycles. The average molecular weight is 206 g/mol. The molecule has 0 bridgehead atoms. The summed E-state index contributed by atoms with van der Waals surface area (Å²) in [7, 11) is 0. The second-order valence-electron chi connectivity index (χ2n) is 1.52. The molecule has 1 aromatic rings. The molecule has 0 aliphatic carbocycles. The van der Waals surface area contributed by atoms with Crippen molar-refractivity contribution in [3.63, 3.8) is 0 Å². The van der Waals surface area contributed by atoms with Crippen LogP contribution in [0.15, 0.2) is 34.1 Å². The van der Waals surface area contributed by atoms with Crippen molar-refractivity contribution in [3.05, 3.63) is 24.3 Å². The molecule has 0 amide bonds. The zero-order valence-corrected chi connectivity index (χ0v) is 7.24. The zero-order valence-electron chi connectivity index (χ0n) is 4.51. The van der Waals surface area contributed by atoms with E-state index in [1.807, 2.05) is 24.3 Å². The first-order valence-corrected chi connectivity index (χ1v) is 3.16. The average Bonchev–Trinajstić information content (AvgIpc) is 1.77. The summed E-state index contributed by atoms with van der Waals surface area (Å²) in [5.41, 5.74) is 0. The van der Waals surface area contributed by atoms with Crippen molar-refractivity contribution >= 4 is 25.3 Å². The van der Waals surface area contributed by atoms with E-state index in [9.17, 15) is 0 Å². The van der Waals surface area contributed by atoms with Gasteiger partial charge in [-0.25, -0.2) is 0 Å². The summed E-state index contributed by atoms with van der Waals surface area (Å²) in [5, 5.41) is 0. The second kappa shape index (κ2) is 4.29. The van der Waals surface area contributed by atoms with Gasteiger partial charge >= 0.3 is 0 Å². The summed E-state index contributed by atoms with van der Waals surface area (Å²) in [4.78, 5) is 1.95. The van der Waals surface area contributed by atoms with E-state index in [0.717, 1.165) is 9.79 Å². The van der Waals surface area contributed by atoms with Crippen molar-refractivity contribution in [1.29, 1.82) is 0 Å². The summed E-state index contributed by atoms with van der Waals surface area (Å²) >= 11 is 8.20. The van der Waals surface area contributed by atoms with Gasteiger partial charge in [-0.3, -0.25) is 0 Å². The van der Waals surface area contributed by atoms with Gasteiger partial charge in [-0.2, -0.15) is 0 Å². The molecule has 3 heteroatoms. The number of hydrogen-bond donors (Lipinski definition) is 2. The fourth-order valence-corrected chi connectivity index (χ4v) is 0.751. The second-order valence-corrected chi connectivity index (χ2v) is 2.55. The summed E-state index contributed by atoms with van der Waals surface area (Å²) < 4.78 is 0. The monoisotopic (exact) mass is 205 g/mol. The minimum absolute atomic E-state index is 0. The van der Waals surface area contributed by atoms with Gasteiger partial charge in [-0.05, 0) is 24.3 Å². The van der Waals surface area contributed by atoms with Crippen LogP contribution in [0.2, 0.25) is 0 Å². The van der Waals surface area contributed by atoms with E-state index >= 15 is 0 Å². The minimum atomic E-state index is 0. The molecular weight excluding hydrogens is 200 g/mol. The Bertz CT molecular complexity index is 150. The van der Waals surface area contributed by atoms with E-state index in [-0.39, 0.29) is 17.1 Å². The van der Waals surface area contributed by atoms with Crippen molar-refractivity contribution in [1.82, 2.24) is 0 Å². The first-order valence-electron chi connectivity index (χ1n) is 2.27. The molecule has 0 nitrogen and oxygen atoms in total. The van der Waals surface area contributed by atoms with Crippen molar-refractivity contribution in [2.75, 3.05) is 0 Å². The van der Waals surface area contributed by atoms with Crippen LogP contribution in [-0.4, -0.2) is 0 Å². The van der Waals surface area contributed by atoms with Crippen LogP contribution in [0.1, 0.15) is 0 Å². The molecule has 0 heterocycles. The quantitative estimate of drug-likeness (QED) is 0.471. The standard InChI is InChI=1S/C6H6S2.Cu/c7-5-1-2-6(8)4-3-5;/h1-4,7-8H;. The first kappa shape index (κ1) is 9.44. The molecule has 0 aromatic heterocycles. The van der Waals surface area contributed by atoms with E-state index in [2.05, 4.69) is 25.3 Å². The molecule has 1 rings (SSSR count). The molecule has 0 unspecified atom stereocenters. The molecule has 0 atom stereocenters. The molecule has 1 aromatic carbocycles. The smallest absolute Gasteiger partial charge is 0.00407 e. The van der Waals surface area contributed by atoms with E-state index in [1.165, 1.54) is 0 Å². The summed E-state index contributed by atoms with van der Waals surface area (Å²) in [6, 6.07) is 7.63. The van der Waals surface area contributed by atoms with Gasteiger partial charge in [-0.1, -0.05) is 0 Å². The van der Waals surface area contributed by atoms with Crippen molar-refractivity contribution < 1.29 is 17.1 Å². The molecule has 0 spiro atoms. The number of hydrogen-bond acceptors (Lipinski definition) is 2. The molecule has 0 aliphatic rings. The van der Waals surface area contributed by atoms with E-state index in [4.69, 9.17) is 0 Å². The van der Waals surface area contributed by atoms with Gasteiger partial charge in [0, 0.05) is 26.9 Å². The Morgan fingerprint density at radius 1 is 0.778 bits per heavy atom. The van der Waals surface area contributed by atoms with E-state index in [1.54, 1.807) is 0 Å². The van der Waals surface area contributed by atoms with Gasteiger partial charge in [0.05, 0.1) is 0 Å². The number of thiol groups is 2. The number of rotatable bonds is 0. The summed E-state index contributed by atoms with van der Waals surface area (Å²) in [6.07, 6.45) is 0. The Morgan fingerprint density at radius 3 is 1.22 bits per heavy atom. The Hall–Kier alpha value is 0.439. The Balaban J connectivity index is 0.000000640. The number of benzene rings is 1. The molecule has 0 N–H and O–H groups in total. The fourth-order valence-electron chi connectivity index (χ4n) is 0.453. The van der Waals surface area contributed by atoms with Gasteiger partial charge in [0.15, 0.2) is 0 Å². The van der Waals surface area contributed by atoms with Crippen molar-refractivity contribution in [2.24, 2.45) is 0 Å². The first-order chi connectivity index (χ1) is 3.79. The third-order valence-electron chi connectivity index (χ3n) is 0.850. The zero-order chi connectivity index (χ0) is 5.98. The maximum absolute atomic E-state index is 4.10. The maximum Gasteiger partial charge on any atom is 0.00407 e. The predicted octanol–water partition coefficient (Wildman–Crippen LogP) is 2.26. The normalized spacial score (nSPS) is 8.22. The molecule has 1 radical (unpaired) electrons. The van der Waals surface area contributed by atoms with Gasteiger partial charge in [-0.15, -0.1) is 25.3 Å². The predicted molar refractivity (Wildman–Crippen MR) is 40.9 cm³/mol.